The average Bonchev–Trinajstić information content (AvgIpc) is 2.28. The van der Waals surface area contributed by atoms with E-state index < -0.39 is 6.36 Å². The van der Waals surface area contributed by atoms with Crippen LogP contribution in [0.25, 0.3) is 0 Å². The number of rotatable bonds is 6. The van der Waals surface area contributed by atoms with Gasteiger partial charge in [-0.05, 0) is 38.8 Å². The highest BCUT2D eigenvalue weighted by Crippen LogP contribution is 2.20. The molecule has 1 aliphatic rings. The molecule has 0 aromatic heterocycles. The summed E-state index contributed by atoms with van der Waals surface area (Å²) in [6.45, 7) is 6.94. The summed E-state index contributed by atoms with van der Waals surface area (Å²) >= 11 is 0. The second-order valence-electron chi connectivity index (χ2n) is 4.84. The van der Waals surface area contributed by atoms with E-state index in [1.54, 1.807) is 0 Å². The minimum absolute atomic E-state index is 0.272. The molecule has 108 valence electrons. The molecule has 0 aromatic carbocycles. The highest BCUT2D eigenvalue weighted by atomic mass is 19.4. The number of hydrogen-bond acceptors (Lipinski definition) is 3. The van der Waals surface area contributed by atoms with Gasteiger partial charge in [0.05, 0.1) is 6.61 Å². The van der Waals surface area contributed by atoms with Gasteiger partial charge in [-0.2, -0.15) is 0 Å². The van der Waals surface area contributed by atoms with Crippen molar-refractivity contribution in [3.05, 3.63) is 0 Å². The quantitative estimate of drug-likeness (QED) is 0.799. The molecule has 1 heterocycles. The fourth-order valence-corrected chi connectivity index (χ4v) is 2.48. The standard InChI is InChI=1S/C12H23F3N2O/c1-3-16-10(2)11-5-4-6-17(9-11)7-8-18-12(13,14)15/h10-11,16H,3-9H2,1-2H3. The third-order valence-electron chi connectivity index (χ3n) is 3.45. The molecule has 1 saturated heterocycles. The Morgan fingerprint density at radius 1 is 1.44 bits per heavy atom. The van der Waals surface area contributed by atoms with Gasteiger partial charge in [0.25, 0.3) is 0 Å². The molecular weight excluding hydrogens is 245 g/mol. The minimum atomic E-state index is -4.51. The lowest BCUT2D eigenvalue weighted by molar-refractivity contribution is -0.325. The van der Waals surface area contributed by atoms with Gasteiger partial charge in [0.2, 0.25) is 0 Å². The number of ether oxygens (including phenoxy) is 1. The van der Waals surface area contributed by atoms with Crippen LogP contribution < -0.4 is 5.32 Å². The maximum Gasteiger partial charge on any atom is 0.522 e. The Bertz CT molecular complexity index is 236. The zero-order valence-electron chi connectivity index (χ0n) is 11.1. The van der Waals surface area contributed by atoms with Crippen LogP contribution in [0.1, 0.15) is 26.7 Å². The molecule has 18 heavy (non-hydrogen) atoms. The van der Waals surface area contributed by atoms with E-state index in [9.17, 15) is 13.2 Å². The predicted molar refractivity (Wildman–Crippen MR) is 64.3 cm³/mol. The molecule has 0 radical (unpaired) electrons. The molecule has 2 unspecified atom stereocenters. The zero-order chi connectivity index (χ0) is 13.6. The Balaban J connectivity index is 2.26. The average molecular weight is 268 g/mol. The third kappa shape index (κ3) is 6.02. The van der Waals surface area contributed by atoms with Crippen molar-refractivity contribution >= 4 is 0 Å². The van der Waals surface area contributed by atoms with Crippen molar-refractivity contribution in [3.63, 3.8) is 0 Å². The Labute approximate surface area is 107 Å². The van der Waals surface area contributed by atoms with Gasteiger partial charge in [-0.1, -0.05) is 6.92 Å². The van der Waals surface area contributed by atoms with Gasteiger partial charge in [0, 0.05) is 19.1 Å². The van der Waals surface area contributed by atoms with E-state index in [-0.39, 0.29) is 6.61 Å². The molecule has 0 spiro atoms. The summed E-state index contributed by atoms with van der Waals surface area (Å²) in [4.78, 5) is 2.06. The Kier molecular flexibility index (Phi) is 6.38. The van der Waals surface area contributed by atoms with Crippen molar-refractivity contribution in [2.24, 2.45) is 5.92 Å². The van der Waals surface area contributed by atoms with Gasteiger partial charge in [-0.15, -0.1) is 13.2 Å². The SMILES string of the molecule is CCNC(C)C1CCCN(CCOC(F)(F)F)C1. The van der Waals surface area contributed by atoms with E-state index in [1.807, 2.05) is 0 Å². The summed E-state index contributed by atoms with van der Waals surface area (Å²) in [5.41, 5.74) is 0. The van der Waals surface area contributed by atoms with Gasteiger partial charge in [-0.3, -0.25) is 4.74 Å². The van der Waals surface area contributed by atoms with Crippen LogP contribution in [0.3, 0.4) is 0 Å². The summed E-state index contributed by atoms with van der Waals surface area (Å²) in [7, 11) is 0. The van der Waals surface area contributed by atoms with Crippen LogP contribution in [-0.2, 0) is 4.74 Å². The molecule has 2 atom stereocenters. The van der Waals surface area contributed by atoms with E-state index in [0.29, 0.717) is 18.5 Å². The fraction of sp³-hybridized carbons (Fsp3) is 1.00. The number of alkyl halides is 3. The lowest BCUT2D eigenvalue weighted by Crippen LogP contribution is -2.45. The summed E-state index contributed by atoms with van der Waals surface area (Å²) in [6, 6.07) is 0.418. The first-order valence-corrected chi connectivity index (χ1v) is 6.58. The topological polar surface area (TPSA) is 24.5 Å². The fourth-order valence-electron chi connectivity index (χ4n) is 2.48. The summed E-state index contributed by atoms with van der Waals surface area (Å²) in [5.74, 6) is 0.518. The monoisotopic (exact) mass is 268 g/mol. The van der Waals surface area contributed by atoms with Crippen molar-refractivity contribution in [1.29, 1.82) is 0 Å². The highest BCUT2D eigenvalue weighted by Gasteiger charge is 2.30. The Hall–Kier alpha value is -0.330. The molecule has 1 aliphatic heterocycles. The largest absolute Gasteiger partial charge is 0.522 e. The van der Waals surface area contributed by atoms with Gasteiger partial charge in [0.1, 0.15) is 0 Å². The maximum atomic E-state index is 11.9. The van der Waals surface area contributed by atoms with Gasteiger partial charge >= 0.3 is 6.36 Å². The number of nitrogens with one attached hydrogen (secondary N) is 1. The van der Waals surface area contributed by atoms with Crippen molar-refractivity contribution in [1.82, 2.24) is 10.2 Å². The lowest BCUT2D eigenvalue weighted by Gasteiger charge is -2.36. The van der Waals surface area contributed by atoms with Crippen LogP contribution in [-0.4, -0.2) is 50.1 Å². The molecule has 0 amide bonds. The number of hydrogen-bond donors (Lipinski definition) is 1. The summed E-state index contributed by atoms with van der Waals surface area (Å²) in [6.07, 6.45) is -2.32. The highest BCUT2D eigenvalue weighted by molar-refractivity contribution is 4.80. The second kappa shape index (κ2) is 7.31. The summed E-state index contributed by atoms with van der Waals surface area (Å²) < 4.78 is 39.4. The molecule has 6 heteroatoms. The lowest BCUT2D eigenvalue weighted by atomic mass is 9.91. The van der Waals surface area contributed by atoms with Gasteiger partial charge in [0.15, 0.2) is 0 Å². The van der Waals surface area contributed by atoms with Crippen molar-refractivity contribution in [2.45, 2.75) is 39.1 Å². The zero-order valence-corrected chi connectivity index (χ0v) is 11.1. The van der Waals surface area contributed by atoms with E-state index in [1.165, 1.54) is 0 Å². The minimum Gasteiger partial charge on any atom is -0.314 e. The second-order valence-corrected chi connectivity index (χ2v) is 4.84. The first kappa shape index (κ1) is 15.7. The molecule has 3 nitrogen and oxygen atoms in total. The summed E-state index contributed by atoms with van der Waals surface area (Å²) in [5, 5.41) is 3.38. The Morgan fingerprint density at radius 2 is 2.17 bits per heavy atom. The van der Waals surface area contributed by atoms with Gasteiger partial charge in [-0.25, -0.2) is 0 Å². The predicted octanol–water partition coefficient (Wildman–Crippen LogP) is 2.23. The molecule has 1 N–H and O–H groups in total. The normalized spacial score (nSPS) is 24.2. The van der Waals surface area contributed by atoms with Crippen LogP contribution in [0.5, 0.6) is 0 Å². The molecule has 0 aliphatic carbocycles. The number of likely N-dealkylation sites (tertiary alicyclic amines) is 1. The molecule has 0 aromatic rings. The Morgan fingerprint density at radius 3 is 2.78 bits per heavy atom. The van der Waals surface area contributed by atoms with Crippen molar-refractivity contribution < 1.29 is 17.9 Å². The number of nitrogens with zero attached hydrogens (tertiary/aromatic N) is 1. The van der Waals surface area contributed by atoms with Crippen molar-refractivity contribution in [2.75, 3.05) is 32.8 Å². The first-order chi connectivity index (χ1) is 8.42. The third-order valence-corrected chi connectivity index (χ3v) is 3.45. The molecule has 0 bridgehead atoms. The van der Waals surface area contributed by atoms with Crippen molar-refractivity contribution in [3.8, 4) is 0 Å². The van der Waals surface area contributed by atoms with Crippen LogP contribution >= 0.6 is 0 Å². The molecule has 1 fully saturated rings. The maximum absolute atomic E-state index is 11.9. The van der Waals surface area contributed by atoms with E-state index in [2.05, 4.69) is 28.8 Å². The number of piperidine rings is 1. The van der Waals surface area contributed by atoms with Gasteiger partial charge < -0.3 is 10.2 Å². The van der Waals surface area contributed by atoms with E-state index >= 15 is 0 Å². The molecule has 0 saturated carbocycles. The van der Waals surface area contributed by atoms with Crippen LogP contribution in [0, 0.1) is 5.92 Å². The van der Waals surface area contributed by atoms with Crippen LogP contribution in [0.15, 0.2) is 0 Å². The van der Waals surface area contributed by atoms with E-state index in [0.717, 1.165) is 32.5 Å². The molecule has 1 rings (SSSR count). The van der Waals surface area contributed by atoms with Crippen LogP contribution in [0.4, 0.5) is 13.2 Å². The van der Waals surface area contributed by atoms with Crippen LogP contribution in [0.2, 0.25) is 0 Å². The molecular formula is C12H23F3N2O. The number of halogens is 3. The smallest absolute Gasteiger partial charge is 0.314 e. The first-order valence-electron chi connectivity index (χ1n) is 6.58. The van der Waals surface area contributed by atoms with E-state index in [4.69, 9.17) is 0 Å².